The van der Waals surface area contributed by atoms with Gasteiger partial charge in [-0.2, -0.15) is 4.98 Å². The smallest absolute Gasteiger partial charge is 0.280 e. The first-order valence-corrected chi connectivity index (χ1v) is 6.09. The lowest BCUT2D eigenvalue weighted by molar-refractivity contribution is -0.00528. The number of aromatic amines is 1. The van der Waals surface area contributed by atoms with E-state index in [0.29, 0.717) is 5.65 Å². The van der Waals surface area contributed by atoms with E-state index in [9.17, 15) is 15.0 Å². The molecule has 0 spiro atoms. The van der Waals surface area contributed by atoms with Gasteiger partial charge in [0, 0.05) is 25.2 Å². The molecule has 2 aromatic rings. The number of hydrogen-bond acceptors (Lipinski definition) is 6. The molecule has 0 radical (unpaired) electrons. The van der Waals surface area contributed by atoms with E-state index in [2.05, 4.69) is 15.0 Å². The third-order valence-electron chi connectivity index (χ3n) is 3.90. The second kappa shape index (κ2) is 4.32. The fourth-order valence-electron chi connectivity index (χ4n) is 2.76. The number of rotatable bonds is 3. The average molecular weight is 265 g/mol. The van der Waals surface area contributed by atoms with Crippen molar-refractivity contribution >= 4 is 17.1 Å². The van der Waals surface area contributed by atoms with Crippen LogP contribution >= 0.6 is 0 Å². The van der Waals surface area contributed by atoms with Gasteiger partial charge in [-0.3, -0.25) is 9.78 Å². The Balaban J connectivity index is 2.05. The summed E-state index contributed by atoms with van der Waals surface area (Å²) in [6, 6.07) is -0.0131. The zero-order chi connectivity index (χ0) is 13.6. The Hall–Kier alpha value is -1.93. The molecule has 3 rings (SSSR count). The summed E-state index contributed by atoms with van der Waals surface area (Å²) in [5.74, 6) is 0.0642. The molecule has 5 N–H and O–H groups in total. The van der Waals surface area contributed by atoms with Gasteiger partial charge >= 0.3 is 0 Å². The first kappa shape index (κ1) is 12.1. The van der Waals surface area contributed by atoms with Crippen LogP contribution in [0.2, 0.25) is 0 Å². The number of aromatic nitrogens is 4. The molecule has 2 unspecified atom stereocenters. The minimum Gasteiger partial charge on any atom is -0.396 e. The van der Waals surface area contributed by atoms with Crippen molar-refractivity contribution in [3.63, 3.8) is 0 Å². The monoisotopic (exact) mass is 265 g/mol. The maximum absolute atomic E-state index is 11.7. The van der Waals surface area contributed by atoms with E-state index in [1.165, 1.54) is 6.33 Å². The fraction of sp³-hybridized carbons (Fsp3) is 0.545. The normalized spacial score (nSPS) is 26.5. The Labute approximate surface area is 107 Å². The summed E-state index contributed by atoms with van der Waals surface area (Å²) in [6.45, 7) is 0.0265. The number of nitrogen functional groups attached to an aromatic ring is 1. The summed E-state index contributed by atoms with van der Waals surface area (Å²) in [5, 5.41) is 18.6. The van der Waals surface area contributed by atoms with Crippen molar-refractivity contribution in [2.75, 3.05) is 18.9 Å². The molecule has 3 atom stereocenters. The summed E-state index contributed by atoms with van der Waals surface area (Å²) < 4.78 is 1.76. The Kier molecular flexibility index (Phi) is 2.76. The van der Waals surface area contributed by atoms with Gasteiger partial charge in [-0.15, -0.1) is 0 Å². The zero-order valence-electron chi connectivity index (χ0n) is 10.2. The van der Waals surface area contributed by atoms with Crippen molar-refractivity contribution in [3.8, 4) is 0 Å². The lowest BCUT2D eigenvalue weighted by atomic mass is 9.70. The summed E-state index contributed by atoms with van der Waals surface area (Å²) in [5.41, 5.74) is 5.81. The molecule has 2 aromatic heterocycles. The molecule has 19 heavy (non-hydrogen) atoms. The minimum absolute atomic E-state index is 0.0131. The predicted octanol–water partition coefficient (Wildman–Crippen LogP) is -1.14. The Bertz CT molecular complexity index is 664. The lowest BCUT2D eigenvalue weighted by Crippen LogP contribution is -2.42. The van der Waals surface area contributed by atoms with Crippen molar-refractivity contribution < 1.29 is 10.2 Å². The summed E-state index contributed by atoms with van der Waals surface area (Å²) in [6.07, 6.45) is 2.26. The largest absolute Gasteiger partial charge is 0.396 e. The molecule has 1 aliphatic rings. The van der Waals surface area contributed by atoms with Crippen LogP contribution in [-0.4, -0.2) is 42.9 Å². The molecule has 1 aliphatic carbocycles. The molecule has 0 bridgehead atoms. The van der Waals surface area contributed by atoms with Gasteiger partial charge < -0.3 is 20.5 Å². The number of anilines is 1. The molecule has 1 saturated carbocycles. The molecule has 0 saturated heterocycles. The highest BCUT2D eigenvalue weighted by atomic mass is 16.3. The second-order valence-electron chi connectivity index (χ2n) is 4.87. The SMILES string of the molecule is Nc1nc2c(ncn2[C@@H]2CC(CO)C2CO)c(=O)[nH]1. The molecular formula is C11H15N5O3. The number of H-pyrrole nitrogens is 1. The van der Waals surface area contributed by atoms with Crippen LogP contribution in [-0.2, 0) is 0 Å². The second-order valence-corrected chi connectivity index (χ2v) is 4.87. The van der Waals surface area contributed by atoms with Gasteiger partial charge in [0.2, 0.25) is 5.95 Å². The van der Waals surface area contributed by atoms with Crippen LogP contribution in [0, 0.1) is 11.8 Å². The molecular weight excluding hydrogens is 250 g/mol. The van der Waals surface area contributed by atoms with Crippen LogP contribution in [0.4, 0.5) is 5.95 Å². The van der Waals surface area contributed by atoms with E-state index < -0.39 is 0 Å². The predicted molar refractivity (Wildman–Crippen MR) is 67.4 cm³/mol. The van der Waals surface area contributed by atoms with Crippen molar-refractivity contribution in [1.82, 2.24) is 19.5 Å². The number of fused-ring (bicyclic) bond motifs is 1. The maximum atomic E-state index is 11.7. The van der Waals surface area contributed by atoms with E-state index in [1.54, 1.807) is 4.57 Å². The standard InChI is InChI=1S/C11H15N5O3/c12-11-14-9-8(10(19)15-11)13-4-16(9)7-1-5(2-17)6(7)3-18/h4-7,17-18H,1-3H2,(H3,12,14,15,19)/t5?,6?,7-/m1/s1. The van der Waals surface area contributed by atoms with E-state index in [4.69, 9.17) is 5.73 Å². The number of aliphatic hydroxyl groups is 2. The number of aliphatic hydroxyl groups excluding tert-OH is 2. The average Bonchev–Trinajstić information content (AvgIpc) is 2.73. The fourth-order valence-corrected chi connectivity index (χ4v) is 2.76. The number of imidazole rings is 1. The van der Waals surface area contributed by atoms with E-state index in [1.807, 2.05) is 0 Å². The highest BCUT2D eigenvalue weighted by molar-refractivity contribution is 5.70. The molecule has 8 nitrogen and oxygen atoms in total. The van der Waals surface area contributed by atoms with Crippen LogP contribution in [0.5, 0.6) is 0 Å². The van der Waals surface area contributed by atoms with Crippen LogP contribution in [0.1, 0.15) is 12.5 Å². The summed E-state index contributed by atoms with van der Waals surface area (Å²) >= 11 is 0. The number of nitrogens with zero attached hydrogens (tertiary/aromatic N) is 3. The Morgan fingerprint density at radius 1 is 1.47 bits per heavy atom. The third-order valence-corrected chi connectivity index (χ3v) is 3.90. The van der Waals surface area contributed by atoms with Crippen LogP contribution in [0.15, 0.2) is 11.1 Å². The van der Waals surface area contributed by atoms with Gasteiger partial charge in [0.25, 0.3) is 5.56 Å². The summed E-state index contributed by atoms with van der Waals surface area (Å²) in [4.78, 5) is 22.2. The van der Waals surface area contributed by atoms with Crippen molar-refractivity contribution in [2.45, 2.75) is 12.5 Å². The first-order chi connectivity index (χ1) is 9.15. The first-order valence-electron chi connectivity index (χ1n) is 6.09. The molecule has 2 heterocycles. The molecule has 102 valence electrons. The molecule has 0 aliphatic heterocycles. The van der Waals surface area contributed by atoms with Gasteiger partial charge in [0.1, 0.15) is 0 Å². The maximum Gasteiger partial charge on any atom is 0.280 e. The van der Waals surface area contributed by atoms with Crippen LogP contribution < -0.4 is 11.3 Å². The van der Waals surface area contributed by atoms with Crippen molar-refractivity contribution in [3.05, 3.63) is 16.7 Å². The molecule has 0 aromatic carbocycles. The highest BCUT2D eigenvalue weighted by Gasteiger charge is 2.41. The molecule has 1 fully saturated rings. The van der Waals surface area contributed by atoms with E-state index >= 15 is 0 Å². The Morgan fingerprint density at radius 3 is 2.95 bits per heavy atom. The number of nitrogens with two attached hydrogens (primary N) is 1. The van der Waals surface area contributed by atoms with Gasteiger partial charge in [-0.05, 0) is 12.3 Å². The molecule has 8 heteroatoms. The topological polar surface area (TPSA) is 130 Å². The van der Waals surface area contributed by atoms with Crippen molar-refractivity contribution in [2.24, 2.45) is 11.8 Å². The Morgan fingerprint density at radius 2 is 2.26 bits per heavy atom. The summed E-state index contributed by atoms with van der Waals surface area (Å²) in [7, 11) is 0. The minimum atomic E-state index is -0.375. The zero-order valence-corrected chi connectivity index (χ0v) is 10.2. The highest BCUT2D eigenvalue weighted by Crippen LogP contribution is 2.44. The van der Waals surface area contributed by atoms with Crippen LogP contribution in [0.3, 0.4) is 0 Å². The molecule has 0 amide bonds. The number of hydrogen-bond donors (Lipinski definition) is 4. The number of nitrogens with one attached hydrogen (secondary N) is 1. The van der Waals surface area contributed by atoms with Gasteiger partial charge in [-0.25, -0.2) is 4.98 Å². The van der Waals surface area contributed by atoms with Gasteiger partial charge in [-0.1, -0.05) is 0 Å². The van der Waals surface area contributed by atoms with Gasteiger partial charge in [0.05, 0.1) is 6.33 Å². The third kappa shape index (κ3) is 1.71. The quantitative estimate of drug-likeness (QED) is 0.555. The van der Waals surface area contributed by atoms with Crippen molar-refractivity contribution in [1.29, 1.82) is 0 Å². The van der Waals surface area contributed by atoms with E-state index in [0.717, 1.165) is 6.42 Å². The van der Waals surface area contributed by atoms with Gasteiger partial charge in [0.15, 0.2) is 11.2 Å². The lowest BCUT2D eigenvalue weighted by Gasteiger charge is -2.43. The van der Waals surface area contributed by atoms with Crippen LogP contribution in [0.25, 0.3) is 11.2 Å². The van der Waals surface area contributed by atoms with E-state index in [-0.39, 0.29) is 48.1 Å².